The van der Waals surface area contributed by atoms with E-state index in [1.54, 1.807) is 16.2 Å². The van der Waals surface area contributed by atoms with Crippen molar-refractivity contribution in [3.05, 3.63) is 24.3 Å². The zero-order valence-corrected chi connectivity index (χ0v) is 14.2. The van der Waals surface area contributed by atoms with Gasteiger partial charge in [-0.15, -0.1) is 0 Å². The van der Waals surface area contributed by atoms with Crippen molar-refractivity contribution in [2.75, 3.05) is 37.6 Å². The van der Waals surface area contributed by atoms with Gasteiger partial charge < -0.3 is 15.1 Å². The molecule has 0 saturated carbocycles. The summed E-state index contributed by atoms with van der Waals surface area (Å²) < 4.78 is 1.20. The first kappa shape index (κ1) is 15.4. The van der Waals surface area contributed by atoms with Gasteiger partial charge in [0.1, 0.15) is 0 Å². The molecule has 24 heavy (non-hydrogen) atoms. The van der Waals surface area contributed by atoms with E-state index in [1.807, 2.05) is 18.2 Å². The first-order valence-electron chi connectivity index (χ1n) is 8.37. The van der Waals surface area contributed by atoms with Crippen molar-refractivity contribution in [2.24, 2.45) is 5.92 Å². The number of aromatic nitrogens is 1. The first-order chi connectivity index (χ1) is 11.7. The van der Waals surface area contributed by atoms with E-state index in [2.05, 4.69) is 16.3 Å². The number of thiazole rings is 1. The van der Waals surface area contributed by atoms with Crippen molar-refractivity contribution in [2.45, 2.75) is 12.8 Å². The Labute approximate surface area is 144 Å². The SMILES string of the molecule is O=C1CN(C(=O)C2CCN(c3nc4ccccc4s3)CC2)CCN1. The molecule has 3 heterocycles. The maximum Gasteiger partial charge on any atom is 0.239 e. The Balaban J connectivity index is 1.39. The van der Waals surface area contributed by atoms with Crippen molar-refractivity contribution in [3.63, 3.8) is 0 Å². The Morgan fingerprint density at radius 1 is 1.21 bits per heavy atom. The second kappa shape index (κ2) is 6.39. The Bertz CT molecular complexity index is 734. The highest BCUT2D eigenvalue weighted by molar-refractivity contribution is 7.22. The fourth-order valence-electron chi connectivity index (χ4n) is 3.40. The maximum absolute atomic E-state index is 12.6. The number of piperazine rings is 1. The van der Waals surface area contributed by atoms with E-state index in [-0.39, 0.29) is 24.3 Å². The molecule has 7 heteroatoms. The molecule has 2 aromatic rings. The van der Waals surface area contributed by atoms with Crippen molar-refractivity contribution in [1.82, 2.24) is 15.2 Å². The Kier molecular flexibility index (Phi) is 4.10. The molecule has 0 unspecified atom stereocenters. The average Bonchev–Trinajstić information content (AvgIpc) is 3.05. The minimum atomic E-state index is -0.0542. The summed E-state index contributed by atoms with van der Waals surface area (Å²) in [6, 6.07) is 8.16. The Morgan fingerprint density at radius 2 is 2.00 bits per heavy atom. The number of anilines is 1. The standard InChI is InChI=1S/C17H20N4O2S/c22-15-11-21(10-7-18-15)16(23)12-5-8-20(9-6-12)17-19-13-3-1-2-4-14(13)24-17/h1-4,12H,5-11H2,(H,18,22). The van der Waals surface area contributed by atoms with Gasteiger partial charge in [-0.05, 0) is 25.0 Å². The number of hydrogen-bond donors (Lipinski definition) is 1. The molecule has 0 atom stereocenters. The molecule has 6 nitrogen and oxygen atoms in total. The van der Waals surface area contributed by atoms with Crippen LogP contribution in [0.1, 0.15) is 12.8 Å². The quantitative estimate of drug-likeness (QED) is 0.896. The second-order valence-corrected chi connectivity index (χ2v) is 7.34. The lowest BCUT2D eigenvalue weighted by atomic mass is 9.95. The molecule has 1 aromatic carbocycles. The van der Waals surface area contributed by atoms with Crippen LogP contribution in [-0.4, -0.2) is 54.4 Å². The summed E-state index contributed by atoms with van der Waals surface area (Å²) >= 11 is 1.71. The molecular formula is C17H20N4O2S. The molecular weight excluding hydrogens is 324 g/mol. The lowest BCUT2D eigenvalue weighted by Crippen LogP contribution is -2.52. The summed E-state index contributed by atoms with van der Waals surface area (Å²) in [6.45, 7) is 3.08. The highest BCUT2D eigenvalue weighted by Gasteiger charge is 2.31. The first-order valence-corrected chi connectivity index (χ1v) is 9.18. The summed E-state index contributed by atoms with van der Waals surface area (Å²) in [6.07, 6.45) is 1.65. The van der Waals surface area contributed by atoms with Gasteiger partial charge in [0.25, 0.3) is 0 Å². The minimum absolute atomic E-state index is 0.0292. The van der Waals surface area contributed by atoms with Gasteiger partial charge in [-0.25, -0.2) is 4.98 Å². The predicted octanol–water partition coefficient (Wildman–Crippen LogP) is 1.47. The van der Waals surface area contributed by atoms with E-state index in [9.17, 15) is 9.59 Å². The van der Waals surface area contributed by atoms with Crippen molar-refractivity contribution in [1.29, 1.82) is 0 Å². The van der Waals surface area contributed by atoms with Crippen LogP contribution >= 0.6 is 11.3 Å². The molecule has 0 bridgehead atoms. The molecule has 2 fully saturated rings. The summed E-state index contributed by atoms with van der Waals surface area (Å²) in [7, 11) is 0. The van der Waals surface area contributed by atoms with Crippen LogP contribution < -0.4 is 10.2 Å². The lowest BCUT2D eigenvalue weighted by molar-refractivity contribution is -0.141. The number of carbonyl (C=O) groups is 2. The average molecular weight is 344 g/mol. The normalized spacial score (nSPS) is 19.6. The van der Waals surface area contributed by atoms with E-state index in [4.69, 9.17) is 4.98 Å². The van der Waals surface area contributed by atoms with Gasteiger partial charge in [-0.3, -0.25) is 9.59 Å². The number of benzene rings is 1. The molecule has 2 aliphatic rings. The van der Waals surface area contributed by atoms with Crippen molar-refractivity contribution in [3.8, 4) is 0 Å². The van der Waals surface area contributed by atoms with Gasteiger partial charge in [0.05, 0.1) is 16.8 Å². The number of fused-ring (bicyclic) bond motifs is 1. The predicted molar refractivity (Wildman–Crippen MR) is 94.1 cm³/mol. The number of para-hydroxylation sites is 1. The molecule has 2 saturated heterocycles. The molecule has 2 aliphatic heterocycles. The van der Waals surface area contributed by atoms with E-state index >= 15 is 0 Å². The molecule has 0 radical (unpaired) electrons. The summed E-state index contributed by atoms with van der Waals surface area (Å²) in [5.41, 5.74) is 1.04. The second-order valence-electron chi connectivity index (χ2n) is 6.34. The van der Waals surface area contributed by atoms with Crippen LogP contribution in [0.3, 0.4) is 0 Å². The van der Waals surface area contributed by atoms with Gasteiger partial charge in [0, 0.05) is 32.1 Å². The van der Waals surface area contributed by atoms with Gasteiger partial charge >= 0.3 is 0 Å². The van der Waals surface area contributed by atoms with E-state index in [1.165, 1.54) is 4.70 Å². The smallest absolute Gasteiger partial charge is 0.239 e. The summed E-state index contributed by atoms with van der Waals surface area (Å²) in [5.74, 6) is 0.108. The number of nitrogens with one attached hydrogen (secondary N) is 1. The fraction of sp³-hybridized carbons (Fsp3) is 0.471. The molecule has 1 aromatic heterocycles. The summed E-state index contributed by atoms with van der Waals surface area (Å²) in [4.78, 5) is 32.7. The lowest BCUT2D eigenvalue weighted by Gasteiger charge is -2.35. The van der Waals surface area contributed by atoms with Crippen molar-refractivity contribution < 1.29 is 9.59 Å². The third kappa shape index (κ3) is 2.96. The number of amides is 2. The van der Waals surface area contributed by atoms with Crippen molar-refractivity contribution >= 4 is 38.5 Å². The topological polar surface area (TPSA) is 65.5 Å². The van der Waals surface area contributed by atoms with Crippen LogP contribution in [-0.2, 0) is 9.59 Å². The van der Waals surface area contributed by atoms with E-state index in [0.29, 0.717) is 13.1 Å². The van der Waals surface area contributed by atoms with Gasteiger partial charge in [0.15, 0.2) is 5.13 Å². The Morgan fingerprint density at radius 3 is 2.75 bits per heavy atom. The van der Waals surface area contributed by atoms with Gasteiger partial charge in [0.2, 0.25) is 11.8 Å². The van der Waals surface area contributed by atoms with Crippen LogP contribution in [0.15, 0.2) is 24.3 Å². The monoisotopic (exact) mass is 344 g/mol. The molecule has 4 rings (SSSR count). The third-order valence-corrected chi connectivity index (χ3v) is 5.84. The van der Waals surface area contributed by atoms with E-state index < -0.39 is 0 Å². The maximum atomic E-state index is 12.6. The van der Waals surface area contributed by atoms with Crippen LogP contribution in [0.5, 0.6) is 0 Å². The van der Waals surface area contributed by atoms with Gasteiger partial charge in [-0.2, -0.15) is 0 Å². The number of nitrogens with zero attached hydrogens (tertiary/aromatic N) is 3. The largest absolute Gasteiger partial charge is 0.353 e. The summed E-state index contributed by atoms with van der Waals surface area (Å²) in [5, 5.41) is 3.80. The third-order valence-electron chi connectivity index (χ3n) is 4.75. The van der Waals surface area contributed by atoms with Crippen LogP contribution in [0.2, 0.25) is 0 Å². The minimum Gasteiger partial charge on any atom is -0.353 e. The molecule has 0 spiro atoms. The Hall–Kier alpha value is -2.15. The molecule has 126 valence electrons. The zero-order chi connectivity index (χ0) is 16.5. The fourth-order valence-corrected chi connectivity index (χ4v) is 4.42. The molecule has 2 amide bonds. The number of carbonyl (C=O) groups excluding carboxylic acids is 2. The van der Waals surface area contributed by atoms with Gasteiger partial charge in [-0.1, -0.05) is 23.5 Å². The molecule has 1 N–H and O–H groups in total. The highest BCUT2D eigenvalue weighted by Crippen LogP contribution is 2.31. The zero-order valence-electron chi connectivity index (χ0n) is 13.4. The highest BCUT2D eigenvalue weighted by atomic mass is 32.1. The van der Waals surface area contributed by atoms with Crippen LogP contribution in [0, 0.1) is 5.92 Å². The van der Waals surface area contributed by atoms with E-state index in [0.717, 1.165) is 36.6 Å². The number of piperidine rings is 1. The van der Waals surface area contributed by atoms with Crippen LogP contribution in [0.4, 0.5) is 5.13 Å². The molecule has 0 aliphatic carbocycles. The number of hydrogen-bond acceptors (Lipinski definition) is 5. The van der Waals surface area contributed by atoms with Crippen LogP contribution in [0.25, 0.3) is 10.2 Å². The number of rotatable bonds is 2.